The Labute approximate surface area is 183 Å². The summed E-state index contributed by atoms with van der Waals surface area (Å²) in [5.41, 5.74) is 3.00. The smallest absolute Gasteiger partial charge is 0.237 e. The van der Waals surface area contributed by atoms with Crippen LogP contribution in [-0.4, -0.2) is 36.5 Å². The SMILES string of the molecule is COc1cccc(NC(=O)C2(C)CN(C)Cc3ccc(NCc4ccccc4)nc32)c1. The number of rotatable bonds is 6. The number of hydrogen-bond acceptors (Lipinski definition) is 5. The molecule has 0 radical (unpaired) electrons. The van der Waals surface area contributed by atoms with E-state index < -0.39 is 5.41 Å². The molecule has 0 spiro atoms. The molecule has 1 aliphatic heterocycles. The molecule has 2 heterocycles. The van der Waals surface area contributed by atoms with Crippen LogP contribution in [-0.2, 0) is 23.3 Å². The van der Waals surface area contributed by atoms with Crippen LogP contribution in [0.25, 0.3) is 0 Å². The molecule has 31 heavy (non-hydrogen) atoms. The first-order valence-corrected chi connectivity index (χ1v) is 10.4. The van der Waals surface area contributed by atoms with Gasteiger partial charge in [0.1, 0.15) is 17.0 Å². The van der Waals surface area contributed by atoms with E-state index in [1.165, 1.54) is 5.56 Å². The molecule has 1 unspecified atom stereocenters. The predicted octanol–water partition coefficient (Wildman–Crippen LogP) is 4.04. The van der Waals surface area contributed by atoms with Gasteiger partial charge in [-0.1, -0.05) is 42.5 Å². The summed E-state index contributed by atoms with van der Waals surface area (Å²) in [6, 6.07) is 21.7. The Hall–Kier alpha value is -3.38. The molecule has 2 aromatic carbocycles. The predicted molar refractivity (Wildman–Crippen MR) is 123 cm³/mol. The van der Waals surface area contributed by atoms with E-state index in [0.29, 0.717) is 24.5 Å². The molecule has 2 N–H and O–H groups in total. The quantitative estimate of drug-likeness (QED) is 0.635. The number of nitrogens with one attached hydrogen (secondary N) is 2. The Morgan fingerprint density at radius 3 is 2.71 bits per heavy atom. The highest BCUT2D eigenvalue weighted by Gasteiger charge is 2.42. The first kappa shape index (κ1) is 20.9. The summed E-state index contributed by atoms with van der Waals surface area (Å²) in [6.07, 6.45) is 0. The summed E-state index contributed by atoms with van der Waals surface area (Å²) in [4.78, 5) is 20.5. The van der Waals surface area contributed by atoms with Gasteiger partial charge < -0.3 is 20.3 Å². The van der Waals surface area contributed by atoms with E-state index in [-0.39, 0.29) is 5.91 Å². The molecule has 1 amide bonds. The molecule has 160 valence electrons. The number of pyridine rings is 1. The number of amides is 1. The Kier molecular flexibility index (Phi) is 5.91. The summed E-state index contributed by atoms with van der Waals surface area (Å²) < 4.78 is 5.28. The molecular weight excluding hydrogens is 388 g/mol. The van der Waals surface area contributed by atoms with E-state index in [0.717, 1.165) is 23.6 Å². The van der Waals surface area contributed by atoms with Crippen molar-refractivity contribution in [1.82, 2.24) is 9.88 Å². The number of fused-ring (bicyclic) bond motifs is 1. The lowest BCUT2D eigenvalue weighted by molar-refractivity contribution is -0.122. The van der Waals surface area contributed by atoms with E-state index in [1.54, 1.807) is 7.11 Å². The molecule has 4 rings (SSSR count). The Bertz CT molecular complexity index is 1070. The first-order valence-electron chi connectivity index (χ1n) is 10.4. The van der Waals surface area contributed by atoms with Crippen molar-refractivity contribution in [3.63, 3.8) is 0 Å². The molecule has 0 saturated heterocycles. The lowest BCUT2D eigenvalue weighted by Gasteiger charge is -2.38. The van der Waals surface area contributed by atoms with Gasteiger partial charge in [-0.25, -0.2) is 4.98 Å². The largest absolute Gasteiger partial charge is 0.497 e. The number of ether oxygens (including phenoxy) is 1. The maximum atomic E-state index is 13.4. The van der Waals surface area contributed by atoms with E-state index in [1.807, 2.05) is 62.5 Å². The van der Waals surface area contributed by atoms with Crippen molar-refractivity contribution >= 4 is 17.4 Å². The van der Waals surface area contributed by atoms with Gasteiger partial charge in [0.15, 0.2) is 0 Å². The van der Waals surface area contributed by atoms with Gasteiger partial charge in [-0.05, 0) is 43.3 Å². The van der Waals surface area contributed by atoms with Crippen LogP contribution in [0.4, 0.5) is 11.5 Å². The molecule has 0 aliphatic carbocycles. The first-order chi connectivity index (χ1) is 15.0. The average Bonchev–Trinajstić information content (AvgIpc) is 2.78. The van der Waals surface area contributed by atoms with Gasteiger partial charge in [0, 0.05) is 31.4 Å². The molecule has 3 aromatic rings. The highest BCUT2D eigenvalue weighted by atomic mass is 16.5. The van der Waals surface area contributed by atoms with Crippen molar-refractivity contribution in [1.29, 1.82) is 0 Å². The molecule has 0 saturated carbocycles. The summed E-state index contributed by atoms with van der Waals surface area (Å²) in [5, 5.41) is 6.45. The Morgan fingerprint density at radius 1 is 1.13 bits per heavy atom. The number of likely N-dealkylation sites (N-methyl/N-ethyl adjacent to an activating group) is 1. The second kappa shape index (κ2) is 8.78. The van der Waals surface area contributed by atoms with Gasteiger partial charge in [-0.3, -0.25) is 4.79 Å². The van der Waals surface area contributed by atoms with E-state index in [2.05, 4.69) is 33.7 Å². The zero-order chi connectivity index (χ0) is 21.8. The van der Waals surface area contributed by atoms with Gasteiger partial charge in [-0.15, -0.1) is 0 Å². The second-order valence-electron chi connectivity index (χ2n) is 8.23. The second-order valence-corrected chi connectivity index (χ2v) is 8.23. The minimum atomic E-state index is -0.782. The molecule has 6 heteroatoms. The maximum Gasteiger partial charge on any atom is 0.237 e. The van der Waals surface area contributed by atoms with Crippen LogP contribution >= 0.6 is 0 Å². The molecule has 1 aromatic heterocycles. The molecular formula is C25H28N4O2. The van der Waals surface area contributed by atoms with Gasteiger partial charge in [0.25, 0.3) is 0 Å². The number of carbonyl (C=O) groups excluding carboxylic acids is 1. The van der Waals surface area contributed by atoms with E-state index in [4.69, 9.17) is 9.72 Å². The van der Waals surface area contributed by atoms with Gasteiger partial charge in [0.2, 0.25) is 5.91 Å². The number of methoxy groups -OCH3 is 1. The zero-order valence-corrected chi connectivity index (χ0v) is 18.2. The summed E-state index contributed by atoms with van der Waals surface area (Å²) >= 11 is 0. The number of hydrogen-bond donors (Lipinski definition) is 2. The van der Waals surface area contributed by atoms with E-state index >= 15 is 0 Å². The zero-order valence-electron chi connectivity index (χ0n) is 18.2. The van der Waals surface area contributed by atoms with Gasteiger partial charge in [0.05, 0.1) is 12.8 Å². The molecule has 0 bridgehead atoms. The number of carbonyl (C=O) groups is 1. The van der Waals surface area contributed by atoms with Crippen LogP contribution < -0.4 is 15.4 Å². The minimum Gasteiger partial charge on any atom is -0.497 e. The highest BCUT2D eigenvalue weighted by Crippen LogP contribution is 2.34. The highest BCUT2D eigenvalue weighted by molar-refractivity contribution is 5.99. The minimum absolute atomic E-state index is 0.0822. The van der Waals surface area contributed by atoms with Crippen LogP contribution in [0.15, 0.2) is 66.7 Å². The van der Waals surface area contributed by atoms with E-state index in [9.17, 15) is 4.79 Å². The maximum absolute atomic E-state index is 13.4. The summed E-state index contributed by atoms with van der Waals surface area (Å²) in [5.74, 6) is 1.39. The van der Waals surface area contributed by atoms with Crippen molar-refractivity contribution < 1.29 is 9.53 Å². The standard InChI is InChI=1S/C25H28N4O2/c1-25(24(30)27-20-10-7-11-21(14-20)31-3)17-29(2)16-19-12-13-22(28-23(19)25)26-15-18-8-5-4-6-9-18/h4-14H,15-17H2,1-3H3,(H,26,28)(H,27,30). The molecule has 1 atom stereocenters. The van der Waals surface area contributed by atoms with Crippen LogP contribution in [0.5, 0.6) is 5.75 Å². The normalized spacial score (nSPS) is 18.2. The van der Waals surface area contributed by atoms with Crippen molar-refractivity contribution in [3.8, 4) is 5.75 Å². The summed E-state index contributed by atoms with van der Waals surface area (Å²) in [7, 11) is 3.64. The summed E-state index contributed by atoms with van der Waals surface area (Å²) in [6.45, 7) is 4.00. The van der Waals surface area contributed by atoms with Crippen LogP contribution in [0, 0.1) is 0 Å². The molecule has 1 aliphatic rings. The van der Waals surface area contributed by atoms with Crippen molar-refractivity contribution in [2.75, 3.05) is 31.3 Å². The third-order valence-electron chi connectivity index (χ3n) is 5.67. The number of benzene rings is 2. The fraction of sp³-hybridized carbons (Fsp3) is 0.280. The van der Waals surface area contributed by atoms with Crippen LogP contribution in [0.1, 0.15) is 23.7 Å². The fourth-order valence-electron chi connectivity index (χ4n) is 4.09. The number of anilines is 2. The van der Waals surface area contributed by atoms with Crippen molar-refractivity contribution in [2.24, 2.45) is 0 Å². The molecule has 6 nitrogen and oxygen atoms in total. The van der Waals surface area contributed by atoms with Gasteiger partial charge >= 0.3 is 0 Å². The fourth-order valence-corrected chi connectivity index (χ4v) is 4.09. The lowest BCUT2D eigenvalue weighted by Crippen LogP contribution is -2.50. The third kappa shape index (κ3) is 4.54. The average molecular weight is 417 g/mol. The lowest BCUT2D eigenvalue weighted by atomic mass is 9.79. The number of aromatic nitrogens is 1. The third-order valence-corrected chi connectivity index (χ3v) is 5.67. The van der Waals surface area contributed by atoms with Crippen LogP contribution in [0.2, 0.25) is 0 Å². The van der Waals surface area contributed by atoms with Crippen molar-refractivity contribution in [3.05, 3.63) is 83.6 Å². The van der Waals surface area contributed by atoms with Crippen molar-refractivity contribution in [2.45, 2.75) is 25.4 Å². The van der Waals surface area contributed by atoms with Gasteiger partial charge in [-0.2, -0.15) is 0 Å². The van der Waals surface area contributed by atoms with Crippen LogP contribution in [0.3, 0.4) is 0 Å². The number of nitrogens with zero attached hydrogens (tertiary/aromatic N) is 2. The Morgan fingerprint density at radius 2 is 1.94 bits per heavy atom. The monoisotopic (exact) mass is 416 g/mol. The topological polar surface area (TPSA) is 66.5 Å². The Balaban J connectivity index is 1.60. The molecule has 0 fully saturated rings.